The summed E-state index contributed by atoms with van der Waals surface area (Å²) in [4.78, 5) is 26.1. The fourth-order valence-corrected chi connectivity index (χ4v) is 5.19. The summed E-state index contributed by atoms with van der Waals surface area (Å²) in [6, 6.07) is 7.13. The number of halogens is 1. The molecule has 0 saturated carbocycles. The van der Waals surface area contributed by atoms with Crippen LogP contribution in [0.5, 0.6) is 0 Å². The van der Waals surface area contributed by atoms with Crippen molar-refractivity contribution in [2.24, 2.45) is 5.73 Å². The first-order chi connectivity index (χ1) is 20.7. The van der Waals surface area contributed by atoms with Crippen molar-refractivity contribution in [1.82, 2.24) is 40.0 Å². The van der Waals surface area contributed by atoms with E-state index in [1.807, 2.05) is 45.3 Å². The van der Waals surface area contributed by atoms with Crippen LogP contribution < -0.4 is 21.2 Å². The number of aromatic amines is 2. The lowest BCUT2D eigenvalue weighted by Gasteiger charge is -2.37. The molecular formula is C32H35FN10. The van der Waals surface area contributed by atoms with Crippen LogP contribution in [0.3, 0.4) is 0 Å². The number of imidazole rings is 1. The Morgan fingerprint density at radius 1 is 1.19 bits per heavy atom. The number of allylic oxidation sites excluding steroid dienone is 2. The topological polar surface area (TPSA) is 129 Å². The van der Waals surface area contributed by atoms with E-state index in [1.54, 1.807) is 24.7 Å². The summed E-state index contributed by atoms with van der Waals surface area (Å²) in [6.07, 6.45) is 10.8. The minimum Gasteiger partial charge on any atom is -0.352 e. The summed E-state index contributed by atoms with van der Waals surface area (Å²) in [5.74, 6) is 1.09. The van der Waals surface area contributed by atoms with E-state index in [4.69, 9.17) is 15.7 Å². The van der Waals surface area contributed by atoms with Gasteiger partial charge in [-0.15, -0.1) is 0 Å². The second kappa shape index (κ2) is 11.9. The van der Waals surface area contributed by atoms with Crippen molar-refractivity contribution in [3.8, 4) is 22.8 Å². The number of aromatic nitrogens is 7. The monoisotopic (exact) mass is 578 g/mol. The van der Waals surface area contributed by atoms with Gasteiger partial charge < -0.3 is 20.5 Å². The smallest absolute Gasteiger partial charge is 0.159 e. The molecule has 220 valence electrons. The molecule has 0 amide bonds. The number of nitrogens with one attached hydrogen (secondary N) is 2. The Kier molecular flexibility index (Phi) is 7.83. The van der Waals surface area contributed by atoms with E-state index in [-0.39, 0.29) is 11.9 Å². The van der Waals surface area contributed by atoms with Gasteiger partial charge in [0.2, 0.25) is 0 Å². The molecule has 0 atom stereocenters. The second-order valence-corrected chi connectivity index (χ2v) is 11.3. The fraction of sp³-hybridized carbons (Fsp3) is 0.281. The van der Waals surface area contributed by atoms with E-state index in [2.05, 4.69) is 41.5 Å². The zero-order chi connectivity index (χ0) is 30.1. The summed E-state index contributed by atoms with van der Waals surface area (Å²) in [5.41, 5.74) is 11.9. The van der Waals surface area contributed by atoms with Crippen LogP contribution in [0.4, 0.5) is 10.2 Å². The fourth-order valence-electron chi connectivity index (χ4n) is 5.19. The highest BCUT2D eigenvalue weighted by molar-refractivity contribution is 5.91. The van der Waals surface area contributed by atoms with Gasteiger partial charge in [0.25, 0.3) is 0 Å². The highest BCUT2D eigenvalue weighted by atomic mass is 19.1. The molecule has 43 heavy (non-hydrogen) atoms. The van der Waals surface area contributed by atoms with Gasteiger partial charge in [-0.1, -0.05) is 12.7 Å². The van der Waals surface area contributed by atoms with E-state index in [1.165, 1.54) is 6.07 Å². The van der Waals surface area contributed by atoms with Crippen molar-refractivity contribution in [3.05, 3.63) is 76.6 Å². The Balaban J connectivity index is 1.28. The molecule has 1 aliphatic heterocycles. The molecule has 11 heteroatoms. The molecule has 4 aromatic heterocycles. The Labute approximate surface area is 248 Å². The van der Waals surface area contributed by atoms with Crippen molar-refractivity contribution >= 4 is 35.1 Å². The highest BCUT2D eigenvalue weighted by Crippen LogP contribution is 2.28. The van der Waals surface area contributed by atoms with Crippen LogP contribution in [0.25, 0.3) is 52.0 Å². The summed E-state index contributed by atoms with van der Waals surface area (Å²) < 4.78 is 14.6. The number of nitrogens with zero attached hydrogens (tertiary/aromatic N) is 7. The highest BCUT2D eigenvalue weighted by Gasteiger charge is 2.24. The van der Waals surface area contributed by atoms with E-state index in [9.17, 15) is 4.39 Å². The summed E-state index contributed by atoms with van der Waals surface area (Å²) in [5, 5.41) is 9.01. The Bertz CT molecular complexity index is 1920. The van der Waals surface area contributed by atoms with Gasteiger partial charge in [0.15, 0.2) is 5.82 Å². The molecular weight excluding hydrogens is 543 g/mol. The zero-order valence-electron chi connectivity index (χ0n) is 24.6. The minimum absolute atomic E-state index is 0.187. The molecule has 0 bridgehead atoms. The molecule has 0 aliphatic carbocycles. The van der Waals surface area contributed by atoms with Gasteiger partial charge in [0.1, 0.15) is 22.8 Å². The molecule has 1 aliphatic rings. The van der Waals surface area contributed by atoms with Gasteiger partial charge in [-0.05, 0) is 81.9 Å². The predicted molar refractivity (Wildman–Crippen MR) is 169 cm³/mol. The second-order valence-electron chi connectivity index (χ2n) is 11.3. The maximum Gasteiger partial charge on any atom is 0.159 e. The third-order valence-corrected chi connectivity index (χ3v) is 7.59. The van der Waals surface area contributed by atoms with Gasteiger partial charge in [-0.3, -0.25) is 15.1 Å². The standard InChI is InChI=1S/C32H35FN10/c1-19(27-15-35-16-28(37-27)43-17-24(34)18-43)7-8-25-20(2)29(41-40-25)32-38-26-9-10-36-30(31(26)39-32)22-12-21(13-23(33)14-22)6-5-11-42(3)4/h7-10,12-16,24,40H,2,5-6,11,17-18,34H2,1,3-4H3,(H,38,39)/b19-7+,25-8+. The molecule has 6 rings (SSSR count). The lowest BCUT2D eigenvalue weighted by molar-refractivity contribution is 0.400. The van der Waals surface area contributed by atoms with Crippen molar-refractivity contribution in [2.75, 3.05) is 38.6 Å². The molecule has 4 N–H and O–H groups in total. The van der Waals surface area contributed by atoms with Crippen LogP contribution in [-0.4, -0.2) is 79.8 Å². The summed E-state index contributed by atoms with van der Waals surface area (Å²) in [6.45, 7) is 8.75. The normalized spacial score (nSPS) is 14.7. The van der Waals surface area contributed by atoms with Crippen LogP contribution in [0.2, 0.25) is 0 Å². The maximum atomic E-state index is 14.6. The summed E-state index contributed by atoms with van der Waals surface area (Å²) >= 11 is 0. The van der Waals surface area contributed by atoms with Crippen molar-refractivity contribution in [1.29, 1.82) is 0 Å². The van der Waals surface area contributed by atoms with Crippen LogP contribution in [0.15, 0.2) is 48.9 Å². The van der Waals surface area contributed by atoms with E-state index >= 15 is 0 Å². The minimum atomic E-state index is -0.287. The van der Waals surface area contributed by atoms with Crippen molar-refractivity contribution in [3.63, 3.8) is 0 Å². The number of fused-ring (bicyclic) bond motifs is 1. The zero-order valence-corrected chi connectivity index (χ0v) is 24.6. The van der Waals surface area contributed by atoms with E-state index < -0.39 is 0 Å². The molecule has 1 saturated heterocycles. The van der Waals surface area contributed by atoms with Crippen molar-refractivity contribution in [2.45, 2.75) is 25.8 Å². The number of rotatable bonds is 9. The van der Waals surface area contributed by atoms with Gasteiger partial charge in [-0.2, -0.15) is 5.10 Å². The van der Waals surface area contributed by atoms with Crippen molar-refractivity contribution < 1.29 is 4.39 Å². The number of aryl methyl sites for hydroxylation is 1. The molecule has 0 unspecified atom stereocenters. The lowest BCUT2D eigenvalue weighted by atomic mass is 10.0. The number of pyridine rings is 1. The summed E-state index contributed by atoms with van der Waals surface area (Å²) in [7, 11) is 4.07. The first-order valence-electron chi connectivity index (χ1n) is 14.3. The molecule has 0 radical (unpaired) electrons. The Morgan fingerprint density at radius 3 is 2.81 bits per heavy atom. The number of hydrogen-bond acceptors (Lipinski definition) is 8. The number of benzene rings is 1. The van der Waals surface area contributed by atoms with Crippen LogP contribution in [0, 0.1) is 5.82 Å². The lowest BCUT2D eigenvalue weighted by Crippen LogP contribution is -2.56. The van der Waals surface area contributed by atoms with E-state index in [0.717, 1.165) is 66.0 Å². The predicted octanol–water partition coefficient (Wildman–Crippen LogP) is 2.88. The molecule has 0 spiro atoms. The number of nitrogens with two attached hydrogens (primary N) is 1. The van der Waals surface area contributed by atoms with Gasteiger partial charge in [-0.25, -0.2) is 14.4 Å². The average molecular weight is 579 g/mol. The SMILES string of the molecule is C=c1c(-c2nc3c(-c4cc(F)cc(CCCN(C)C)c4)nccc3[nH]2)n[nH]/c1=C/C=C(\C)c1cncc(N2CC(N)C2)n1. The van der Waals surface area contributed by atoms with Crippen LogP contribution in [0.1, 0.15) is 24.6 Å². The van der Waals surface area contributed by atoms with E-state index in [0.29, 0.717) is 33.5 Å². The number of hydrogen-bond donors (Lipinski definition) is 3. The molecule has 10 nitrogen and oxygen atoms in total. The first-order valence-corrected chi connectivity index (χ1v) is 14.3. The molecule has 1 fully saturated rings. The number of H-pyrrole nitrogens is 2. The van der Waals surface area contributed by atoms with Crippen LogP contribution in [-0.2, 0) is 6.42 Å². The Morgan fingerprint density at radius 2 is 2.02 bits per heavy atom. The first kappa shape index (κ1) is 28.4. The third kappa shape index (κ3) is 6.08. The largest absolute Gasteiger partial charge is 0.352 e. The Hall–Kier alpha value is -4.74. The number of anilines is 1. The molecule has 5 aromatic rings. The van der Waals surface area contributed by atoms with Gasteiger partial charge in [0.05, 0.1) is 34.6 Å². The molecule has 1 aromatic carbocycles. The quantitative estimate of drug-likeness (QED) is 0.244. The third-order valence-electron chi connectivity index (χ3n) is 7.59. The van der Waals surface area contributed by atoms with Crippen LogP contribution >= 0.6 is 0 Å². The average Bonchev–Trinajstić information content (AvgIpc) is 3.56. The van der Waals surface area contributed by atoms with Gasteiger partial charge >= 0.3 is 0 Å². The van der Waals surface area contributed by atoms with Gasteiger partial charge in [0, 0.05) is 36.1 Å². The maximum absolute atomic E-state index is 14.6. The molecule has 5 heterocycles.